The number of carbonyl (C=O) groups is 2. The van der Waals surface area contributed by atoms with E-state index in [4.69, 9.17) is 0 Å². The summed E-state index contributed by atoms with van der Waals surface area (Å²) < 4.78 is 13.2. The lowest BCUT2D eigenvalue weighted by molar-refractivity contribution is -0.122. The Hall–Kier alpha value is -4.86. The first-order chi connectivity index (χ1) is 17.9. The van der Waals surface area contributed by atoms with Crippen LogP contribution in [0.5, 0.6) is 0 Å². The van der Waals surface area contributed by atoms with E-state index < -0.39 is 5.92 Å². The van der Waals surface area contributed by atoms with Gasteiger partial charge in [-0.15, -0.1) is 0 Å². The van der Waals surface area contributed by atoms with Crippen molar-refractivity contribution in [1.82, 2.24) is 15.0 Å². The molecule has 2 aromatic heterocycles. The molecule has 5 rings (SSSR count). The summed E-state index contributed by atoms with van der Waals surface area (Å²) in [4.78, 5) is 39.5. The highest BCUT2D eigenvalue weighted by Crippen LogP contribution is 2.27. The Bertz CT molecular complexity index is 1430. The molecule has 0 radical (unpaired) electrons. The molecule has 2 amide bonds. The van der Waals surface area contributed by atoms with Gasteiger partial charge in [0, 0.05) is 42.3 Å². The third kappa shape index (κ3) is 5.87. The van der Waals surface area contributed by atoms with E-state index in [1.54, 1.807) is 24.4 Å². The maximum absolute atomic E-state index is 13.2. The fourth-order valence-corrected chi connectivity index (χ4v) is 4.01. The van der Waals surface area contributed by atoms with Crippen LogP contribution in [0, 0.1) is 18.7 Å². The Morgan fingerprint density at radius 2 is 1.57 bits per heavy atom. The van der Waals surface area contributed by atoms with Crippen molar-refractivity contribution in [1.29, 1.82) is 0 Å². The highest BCUT2D eigenvalue weighted by Gasteiger charge is 2.35. The van der Waals surface area contributed by atoms with Crippen molar-refractivity contribution in [2.24, 2.45) is 5.92 Å². The van der Waals surface area contributed by atoms with Crippen LogP contribution in [0.2, 0.25) is 0 Å². The molecule has 3 heterocycles. The summed E-state index contributed by atoms with van der Waals surface area (Å²) in [7, 11) is 0. The molecule has 10 heteroatoms. The van der Waals surface area contributed by atoms with Crippen molar-refractivity contribution in [3.63, 3.8) is 0 Å². The van der Waals surface area contributed by atoms with E-state index >= 15 is 0 Å². The van der Waals surface area contributed by atoms with Crippen molar-refractivity contribution in [3.8, 4) is 0 Å². The van der Waals surface area contributed by atoms with E-state index in [9.17, 15) is 14.0 Å². The molecular weight excluding hydrogens is 473 g/mol. The number of amides is 2. The van der Waals surface area contributed by atoms with Gasteiger partial charge >= 0.3 is 0 Å². The molecule has 37 heavy (non-hydrogen) atoms. The molecule has 3 N–H and O–H groups in total. The van der Waals surface area contributed by atoms with Gasteiger partial charge in [-0.3, -0.25) is 9.59 Å². The van der Waals surface area contributed by atoms with Gasteiger partial charge in [0.2, 0.25) is 11.8 Å². The highest BCUT2D eigenvalue weighted by molar-refractivity contribution is 6.03. The molecule has 1 atom stereocenters. The fourth-order valence-electron chi connectivity index (χ4n) is 4.01. The number of hydrogen-bond acceptors (Lipinski definition) is 7. The van der Waals surface area contributed by atoms with Gasteiger partial charge in [0.15, 0.2) is 0 Å². The van der Waals surface area contributed by atoms with Crippen molar-refractivity contribution < 1.29 is 14.0 Å². The molecule has 0 spiro atoms. The minimum absolute atomic E-state index is 0.102. The number of rotatable bonds is 7. The van der Waals surface area contributed by atoms with Gasteiger partial charge in [-0.1, -0.05) is 0 Å². The predicted molar refractivity (Wildman–Crippen MR) is 140 cm³/mol. The standard InChI is InChI=1S/C27H24FN7O2/c1-17-10-11-29-23(12-17)34-25-14-24(30-16-31-25)32-20-4-6-21(7-5-20)33-27(37)18-13-26(36)35(15-18)22-8-2-19(28)3-9-22/h2-12,14,16,18H,13,15H2,1H3,(H,33,37)(H2,29,30,31,32,34). The number of nitrogens with zero attached hydrogens (tertiary/aromatic N) is 4. The summed E-state index contributed by atoms with van der Waals surface area (Å²) in [5, 5.41) is 9.23. The quantitative estimate of drug-likeness (QED) is 0.336. The molecule has 9 nitrogen and oxygen atoms in total. The number of hydrogen-bond donors (Lipinski definition) is 3. The lowest BCUT2D eigenvalue weighted by atomic mass is 10.1. The molecule has 0 bridgehead atoms. The second-order valence-corrected chi connectivity index (χ2v) is 8.71. The van der Waals surface area contributed by atoms with E-state index in [0.29, 0.717) is 28.8 Å². The van der Waals surface area contributed by atoms with Gasteiger partial charge in [0.05, 0.1) is 5.92 Å². The minimum Gasteiger partial charge on any atom is -0.340 e. The molecule has 186 valence electrons. The Kier molecular flexibility index (Phi) is 6.71. The topological polar surface area (TPSA) is 112 Å². The SMILES string of the molecule is Cc1ccnc(Nc2cc(Nc3ccc(NC(=O)C4CC(=O)N(c5ccc(F)cc5)C4)cc3)ncn2)c1. The summed E-state index contributed by atoms with van der Waals surface area (Å²) in [6, 6.07) is 18.4. The molecule has 0 aliphatic carbocycles. The number of aromatic nitrogens is 3. The molecule has 1 aliphatic heterocycles. The predicted octanol–water partition coefficient (Wildman–Crippen LogP) is 4.80. The molecule has 1 saturated heterocycles. The zero-order chi connectivity index (χ0) is 25.8. The fraction of sp³-hybridized carbons (Fsp3) is 0.148. The largest absolute Gasteiger partial charge is 0.340 e. The summed E-state index contributed by atoms with van der Waals surface area (Å²) in [6.07, 6.45) is 3.28. The van der Waals surface area contributed by atoms with Gasteiger partial charge in [0.25, 0.3) is 0 Å². The van der Waals surface area contributed by atoms with E-state index in [-0.39, 0.29) is 30.6 Å². The van der Waals surface area contributed by atoms with Crippen LogP contribution in [0.25, 0.3) is 0 Å². The summed E-state index contributed by atoms with van der Waals surface area (Å²) in [5.41, 5.74) is 3.05. The van der Waals surface area contributed by atoms with Gasteiger partial charge in [-0.05, 0) is 73.2 Å². The molecule has 1 fully saturated rings. The lowest BCUT2D eigenvalue weighted by Crippen LogP contribution is -2.28. The molecule has 1 aliphatic rings. The normalized spacial score (nSPS) is 14.9. The van der Waals surface area contributed by atoms with Crippen molar-refractivity contribution in [2.75, 3.05) is 27.4 Å². The molecule has 1 unspecified atom stereocenters. The maximum atomic E-state index is 13.2. The summed E-state index contributed by atoms with van der Waals surface area (Å²) >= 11 is 0. The number of pyridine rings is 1. The maximum Gasteiger partial charge on any atom is 0.229 e. The molecule has 2 aromatic carbocycles. The minimum atomic E-state index is -0.495. The number of halogens is 1. The molecule has 0 saturated carbocycles. The van der Waals surface area contributed by atoms with Gasteiger partial charge in [-0.2, -0.15) is 0 Å². The average molecular weight is 498 g/mol. The van der Waals surface area contributed by atoms with Crippen LogP contribution in [-0.4, -0.2) is 33.3 Å². The van der Waals surface area contributed by atoms with Gasteiger partial charge in [0.1, 0.15) is 29.6 Å². The third-order valence-electron chi connectivity index (χ3n) is 5.90. The first-order valence-corrected chi connectivity index (χ1v) is 11.7. The zero-order valence-electron chi connectivity index (χ0n) is 20.0. The highest BCUT2D eigenvalue weighted by atomic mass is 19.1. The second kappa shape index (κ2) is 10.4. The average Bonchev–Trinajstić information content (AvgIpc) is 3.28. The van der Waals surface area contributed by atoms with Crippen molar-refractivity contribution in [2.45, 2.75) is 13.3 Å². The molecular formula is C27H24FN7O2. The third-order valence-corrected chi connectivity index (χ3v) is 5.90. The Morgan fingerprint density at radius 3 is 2.30 bits per heavy atom. The number of carbonyl (C=O) groups excluding carboxylic acids is 2. The Morgan fingerprint density at radius 1 is 0.892 bits per heavy atom. The Balaban J connectivity index is 1.18. The zero-order valence-corrected chi connectivity index (χ0v) is 20.0. The van der Waals surface area contributed by atoms with Gasteiger partial charge < -0.3 is 20.9 Å². The van der Waals surface area contributed by atoms with E-state index in [1.807, 2.05) is 31.2 Å². The van der Waals surface area contributed by atoms with Gasteiger partial charge in [-0.25, -0.2) is 19.3 Å². The van der Waals surface area contributed by atoms with E-state index in [2.05, 4.69) is 30.9 Å². The van der Waals surface area contributed by atoms with Crippen LogP contribution in [0.1, 0.15) is 12.0 Å². The smallest absolute Gasteiger partial charge is 0.229 e. The van der Waals surface area contributed by atoms with Crippen molar-refractivity contribution >= 4 is 46.3 Å². The van der Waals surface area contributed by atoms with Crippen molar-refractivity contribution in [3.05, 3.63) is 90.6 Å². The summed E-state index contributed by atoms with van der Waals surface area (Å²) in [5.74, 6) is 0.601. The van der Waals surface area contributed by atoms with E-state index in [0.717, 1.165) is 11.3 Å². The van der Waals surface area contributed by atoms with E-state index in [1.165, 1.54) is 35.5 Å². The van der Waals surface area contributed by atoms with Crippen LogP contribution < -0.4 is 20.9 Å². The lowest BCUT2D eigenvalue weighted by Gasteiger charge is -2.16. The number of nitrogens with one attached hydrogen (secondary N) is 3. The van der Waals surface area contributed by atoms with Crippen LogP contribution >= 0.6 is 0 Å². The Labute approximate surface area is 212 Å². The number of aryl methyl sites for hydroxylation is 1. The monoisotopic (exact) mass is 497 g/mol. The first kappa shape index (κ1) is 23.9. The number of benzene rings is 2. The van der Waals surface area contributed by atoms with Crippen LogP contribution in [-0.2, 0) is 9.59 Å². The summed E-state index contributed by atoms with van der Waals surface area (Å²) in [6.45, 7) is 2.24. The van der Waals surface area contributed by atoms with Crippen LogP contribution in [0.15, 0.2) is 79.3 Å². The molecule has 4 aromatic rings. The van der Waals surface area contributed by atoms with Crippen LogP contribution in [0.4, 0.5) is 38.9 Å². The number of anilines is 6. The second-order valence-electron chi connectivity index (χ2n) is 8.71. The first-order valence-electron chi connectivity index (χ1n) is 11.7. The van der Waals surface area contributed by atoms with Crippen LogP contribution in [0.3, 0.4) is 0 Å².